The lowest BCUT2D eigenvalue weighted by molar-refractivity contribution is 0.102. The van der Waals surface area contributed by atoms with Crippen molar-refractivity contribution in [3.63, 3.8) is 0 Å². The van der Waals surface area contributed by atoms with E-state index < -0.39 is 0 Å². The van der Waals surface area contributed by atoms with E-state index in [0.29, 0.717) is 22.4 Å². The van der Waals surface area contributed by atoms with Crippen LogP contribution in [0.1, 0.15) is 37.5 Å². The molecule has 0 unspecified atom stereocenters. The van der Waals surface area contributed by atoms with Gasteiger partial charge in [0.25, 0.3) is 0 Å². The quantitative estimate of drug-likeness (QED) is 0.696. The second kappa shape index (κ2) is 6.01. The minimum atomic E-state index is -0.119. The fraction of sp³-hybridized carbons (Fsp3) is 0.105. The molecule has 0 atom stereocenters. The van der Waals surface area contributed by atoms with Crippen LogP contribution in [-0.4, -0.2) is 21.1 Å². The van der Waals surface area contributed by atoms with Gasteiger partial charge < -0.3 is 4.57 Å². The highest BCUT2D eigenvalue weighted by Gasteiger charge is 2.18. The van der Waals surface area contributed by atoms with Crippen LogP contribution in [0.15, 0.2) is 61.1 Å². The Morgan fingerprint density at radius 1 is 0.870 bits per heavy atom. The SMILES string of the molecule is Cc1ccc(C(=O)c2cc(C(=O)c3ccncc3)cn2C)cc1. The molecule has 2 heterocycles. The van der Waals surface area contributed by atoms with Crippen molar-refractivity contribution in [2.45, 2.75) is 6.92 Å². The van der Waals surface area contributed by atoms with Gasteiger partial charge in [0.05, 0.1) is 5.69 Å². The van der Waals surface area contributed by atoms with Gasteiger partial charge in [0.15, 0.2) is 5.78 Å². The number of hydrogen-bond acceptors (Lipinski definition) is 3. The summed E-state index contributed by atoms with van der Waals surface area (Å²) in [4.78, 5) is 29.0. The number of aromatic nitrogens is 2. The van der Waals surface area contributed by atoms with Crippen LogP contribution < -0.4 is 0 Å². The highest BCUT2D eigenvalue weighted by Crippen LogP contribution is 2.16. The van der Waals surface area contributed by atoms with E-state index in [1.807, 2.05) is 19.1 Å². The summed E-state index contributed by atoms with van der Waals surface area (Å²) < 4.78 is 1.69. The molecule has 3 aromatic rings. The van der Waals surface area contributed by atoms with E-state index in [0.717, 1.165) is 5.56 Å². The molecule has 4 nitrogen and oxygen atoms in total. The highest BCUT2D eigenvalue weighted by atomic mass is 16.1. The molecule has 23 heavy (non-hydrogen) atoms. The molecular formula is C19H16N2O2. The van der Waals surface area contributed by atoms with Crippen LogP contribution in [0.3, 0.4) is 0 Å². The molecule has 0 aliphatic rings. The first-order valence-corrected chi connectivity index (χ1v) is 7.29. The van der Waals surface area contributed by atoms with Crippen LogP contribution in [0.25, 0.3) is 0 Å². The smallest absolute Gasteiger partial charge is 0.209 e. The summed E-state index contributed by atoms with van der Waals surface area (Å²) in [7, 11) is 1.77. The van der Waals surface area contributed by atoms with Gasteiger partial charge in [-0.2, -0.15) is 0 Å². The summed E-state index contributed by atoms with van der Waals surface area (Å²) in [5.41, 5.74) is 3.25. The zero-order valence-electron chi connectivity index (χ0n) is 13.0. The number of carbonyl (C=O) groups excluding carboxylic acids is 2. The van der Waals surface area contributed by atoms with Crippen LogP contribution in [0, 0.1) is 6.92 Å². The molecule has 0 fully saturated rings. The Morgan fingerprint density at radius 3 is 2.13 bits per heavy atom. The summed E-state index contributed by atoms with van der Waals surface area (Å²) in [5, 5.41) is 0. The molecule has 0 saturated carbocycles. The van der Waals surface area contributed by atoms with Crippen LogP contribution in [0.2, 0.25) is 0 Å². The first kappa shape index (κ1) is 14.9. The summed E-state index contributed by atoms with van der Waals surface area (Å²) in [6, 6.07) is 12.4. The van der Waals surface area contributed by atoms with Gasteiger partial charge in [-0.25, -0.2) is 0 Å². The molecule has 4 heteroatoms. The molecule has 2 aromatic heterocycles. The monoisotopic (exact) mass is 304 g/mol. The third-order valence-electron chi connectivity index (χ3n) is 3.76. The lowest BCUT2D eigenvalue weighted by atomic mass is 10.0. The van der Waals surface area contributed by atoms with Crippen molar-refractivity contribution >= 4 is 11.6 Å². The largest absolute Gasteiger partial charge is 0.347 e. The second-order valence-corrected chi connectivity index (χ2v) is 5.49. The Balaban J connectivity index is 1.93. The van der Waals surface area contributed by atoms with Crippen molar-refractivity contribution in [2.75, 3.05) is 0 Å². The molecule has 0 N–H and O–H groups in total. The molecule has 0 aliphatic heterocycles. The first-order valence-electron chi connectivity index (χ1n) is 7.29. The van der Waals surface area contributed by atoms with E-state index in [4.69, 9.17) is 0 Å². The average molecular weight is 304 g/mol. The van der Waals surface area contributed by atoms with Crippen LogP contribution in [-0.2, 0) is 7.05 Å². The van der Waals surface area contributed by atoms with Crippen LogP contribution >= 0.6 is 0 Å². The third-order valence-corrected chi connectivity index (χ3v) is 3.76. The molecule has 0 amide bonds. The summed E-state index contributed by atoms with van der Waals surface area (Å²) >= 11 is 0. The Bertz CT molecular complexity index is 862. The summed E-state index contributed by atoms with van der Waals surface area (Å²) in [5.74, 6) is -0.216. The number of nitrogens with zero attached hydrogens (tertiary/aromatic N) is 2. The van der Waals surface area contributed by atoms with Crippen molar-refractivity contribution < 1.29 is 9.59 Å². The van der Waals surface area contributed by atoms with Crippen molar-refractivity contribution in [2.24, 2.45) is 7.05 Å². The fourth-order valence-corrected chi connectivity index (χ4v) is 2.44. The van der Waals surface area contributed by atoms with Crippen molar-refractivity contribution in [3.05, 3.63) is 89.0 Å². The Labute approximate surface area is 134 Å². The summed E-state index contributed by atoms with van der Waals surface area (Å²) in [6.07, 6.45) is 4.84. The average Bonchev–Trinajstić information content (AvgIpc) is 2.97. The van der Waals surface area contributed by atoms with E-state index in [9.17, 15) is 9.59 Å². The molecule has 3 rings (SSSR count). The van der Waals surface area contributed by atoms with Crippen molar-refractivity contribution in [3.8, 4) is 0 Å². The minimum Gasteiger partial charge on any atom is -0.347 e. The lowest BCUT2D eigenvalue weighted by Crippen LogP contribution is -2.06. The van der Waals surface area contributed by atoms with Crippen molar-refractivity contribution in [1.29, 1.82) is 0 Å². The maximum atomic E-state index is 12.6. The molecule has 1 aromatic carbocycles. The number of hydrogen-bond donors (Lipinski definition) is 0. The topological polar surface area (TPSA) is 52.0 Å². The van der Waals surface area contributed by atoms with Gasteiger partial charge in [-0.3, -0.25) is 14.6 Å². The van der Waals surface area contributed by atoms with Gasteiger partial charge in [0.1, 0.15) is 0 Å². The van der Waals surface area contributed by atoms with Gasteiger partial charge in [0, 0.05) is 42.3 Å². The van der Waals surface area contributed by atoms with Gasteiger partial charge >= 0.3 is 0 Å². The zero-order valence-corrected chi connectivity index (χ0v) is 13.0. The molecule has 0 radical (unpaired) electrons. The second-order valence-electron chi connectivity index (χ2n) is 5.49. The van der Waals surface area contributed by atoms with E-state index in [1.54, 1.807) is 60.5 Å². The Morgan fingerprint density at radius 2 is 1.48 bits per heavy atom. The predicted molar refractivity (Wildman–Crippen MR) is 87.7 cm³/mol. The number of pyridine rings is 1. The lowest BCUT2D eigenvalue weighted by Gasteiger charge is -2.02. The maximum Gasteiger partial charge on any atom is 0.209 e. The Kier molecular flexibility index (Phi) is 3.89. The molecule has 114 valence electrons. The molecule has 0 spiro atoms. The molecule has 0 saturated heterocycles. The first-order chi connectivity index (χ1) is 11.1. The minimum absolute atomic E-state index is 0.0960. The molecule has 0 aliphatic carbocycles. The van der Waals surface area contributed by atoms with Gasteiger partial charge in [-0.05, 0) is 25.1 Å². The normalized spacial score (nSPS) is 10.5. The van der Waals surface area contributed by atoms with Crippen LogP contribution in [0.4, 0.5) is 0 Å². The maximum absolute atomic E-state index is 12.6. The van der Waals surface area contributed by atoms with Crippen molar-refractivity contribution in [1.82, 2.24) is 9.55 Å². The summed E-state index contributed by atoms with van der Waals surface area (Å²) in [6.45, 7) is 1.97. The van der Waals surface area contributed by atoms with Gasteiger partial charge in [-0.1, -0.05) is 29.8 Å². The number of rotatable bonds is 4. The van der Waals surface area contributed by atoms with Gasteiger partial charge in [-0.15, -0.1) is 0 Å². The van der Waals surface area contributed by atoms with E-state index in [2.05, 4.69) is 4.98 Å². The molecule has 0 bridgehead atoms. The highest BCUT2D eigenvalue weighted by molar-refractivity contribution is 6.13. The third kappa shape index (κ3) is 2.97. The predicted octanol–water partition coefficient (Wildman–Crippen LogP) is 3.19. The standard InChI is InChI=1S/C19H16N2O2/c1-13-3-5-14(6-4-13)19(23)17-11-16(12-21(17)2)18(22)15-7-9-20-10-8-15/h3-12H,1-2H3. The Hall–Kier alpha value is -3.01. The fourth-order valence-electron chi connectivity index (χ4n) is 2.44. The van der Waals surface area contributed by atoms with E-state index in [-0.39, 0.29) is 11.6 Å². The van der Waals surface area contributed by atoms with E-state index >= 15 is 0 Å². The van der Waals surface area contributed by atoms with Gasteiger partial charge in [0.2, 0.25) is 5.78 Å². The number of ketones is 2. The molecular weight excluding hydrogens is 288 g/mol. The zero-order chi connectivity index (χ0) is 16.4. The number of benzene rings is 1. The number of carbonyl (C=O) groups is 2. The number of aryl methyl sites for hydroxylation is 2. The van der Waals surface area contributed by atoms with E-state index in [1.165, 1.54) is 0 Å². The van der Waals surface area contributed by atoms with Crippen LogP contribution in [0.5, 0.6) is 0 Å².